The fourth-order valence-electron chi connectivity index (χ4n) is 2.81. The van der Waals surface area contributed by atoms with Gasteiger partial charge in [0.05, 0.1) is 12.2 Å². The smallest absolute Gasteiger partial charge is 0.0662 e. The van der Waals surface area contributed by atoms with Crippen molar-refractivity contribution in [2.75, 3.05) is 6.54 Å². The van der Waals surface area contributed by atoms with Gasteiger partial charge in [-0.05, 0) is 55.3 Å². The van der Waals surface area contributed by atoms with Crippen LogP contribution in [0.2, 0.25) is 0 Å². The van der Waals surface area contributed by atoms with E-state index >= 15 is 0 Å². The first-order chi connectivity index (χ1) is 10.3. The highest BCUT2D eigenvalue weighted by atomic mass is 15.3. The number of benzene rings is 1. The average molecular weight is 299 g/mol. The Bertz CT molecular complexity index is 615. The van der Waals surface area contributed by atoms with Gasteiger partial charge in [0, 0.05) is 5.69 Å². The first kappa shape index (κ1) is 16.8. The van der Waals surface area contributed by atoms with Gasteiger partial charge in [0.2, 0.25) is 0 Å². The summed E-state index contributed by atoms with van der Waals surface area (Å²) in [5, 5.41) is 4.71. The fourth-order valence-corrected chi connectivity index (χ4v) is 2.81. The fraction of sp³-hybridized carbons (Fsp3) is 0.526. The van der Waals surface area contributed by atoms with E-state index in [2.05, 4.69) is 63.6 Å². The molecule has 1 aromatic heterocycles. The predicted molar refractivity (Wildman–Crippen MR) is 93.3 cm³/mol. The van der Waals surface area contributed by atoms with Crippen molar-refractivity contribution in [3.05, 3.63) is 52.3 Å². The molecule has 0 spiro atoms. The van der Waals surface area contributed by atoms with Gasteiger partial charge >= 0.3 is 0 Å². The summed E-state index contributed by atoms with van der Waals surface area (Å²) in [4.78, 5) is 0. The molecule has 0 saturated heterocycles. The van der Waals surface area contributed by atoms with Crippen molar-refractivity contribution in [2.45, 2.75) is 59.4 Å². The molecule has 120 valence electrons. The molecule has 2 aromatic rings. The van der Waals surface area contributed by atoms with E-state index in [-0.39, 0.29) is 5.41 Å². The largest absolute Gasteiger partial charge is 0.330 e. The first-order valence-corrected chi connectivity index (χ1v) is 8.15. The second-order valence-corrected chi connectivity index (χ2v) is 7.15. The topological polar surface area (TPSA) is 43.8 Å². The Morgan fingerprint density at radius 2 is 1.73 bits per heavy atom. The third-order valence-electron chi connectivity index (χ3n) is 4.31. The number of aryl methyl sites for hydroxylation is 1. The van der Waals surface area contributed by atoms with Crippen molar-refractivity contribution in [2.24, 2.45) is 5.73 Å². The molecule has 22 heavy (non-hydrogen) atoms. The van der Waals surface area contributed by atoms with Crippen LogP contribution < -0.4 is 5.73 Å². The molecule has 0 aliphatic heterocycles. The van der Waals surface area contributed by atoms with Gasteiger partial charge in [-0.3, -0.25) is 4.68 Å². The molecule has 1 aromatic carbocycles. The standard InChI is InChI=1S/C19H29N3/c1-14-18(7-6-12-20)15(2)22(21-14)13-16-8-10-17(11-9-16)19(3,4)5/h8-11H,6-7,12-13,20H2,1-5H3. The number of rotatable bonds is 5. The van der Waals surface area contributed by atoms with Gasteiger partial charge in [-0.2, -0.15) is 5.10 Å². The van der Waals surface area contributed by atoms with Crippen LogP contribution >= 0.6 is 0 Å². The van der Waals surface area contributed by atoms with Crippen LogP contribution in [-0.4, -0.2) is 16.3 Å². The maximum atomic E-state index is 5.63. The average Bonchev–Trinajstić information content (AvgIpc) is 2.71. The lowest BCUT2D eigenvalue weighted by molar-refractivity contribution is 0.589. The summed E-state index contributed by atoms with van der Waals surface area (Å²) in [6.45, 7) is 12.6. The van der Waals surface area contributed by atoms with Gasteiger partial charge in [-0.15, -0.1) is 0 Å². The molecule has 3 heteroatoms. The van der Waals surface area contributed by atoms with Crippen LogP contribution in [0.15, 0.2) is 24.3 Å². The molecule has 0 amide bonds. The zero-order valence-electron chi connectivity index (χ0n) is 14.6. The second-order valence-electron chi connectivity index (χ2n) is 7.15. The first-order valence-electron chi connectivity index (χ1n) is 8.15. The maximum absolute atomic E-state index is 5.63. The summed E-state index contributed by atoms with van der Waals surface area (Å²) in [6.07, 6.45) is 2.05. The second kappa shape index (κ2) is 6.66. The van der Waals surface area contributed by atoms with E-state index in [0.29, 0.717) is 0 Å². The third kappa shape index (κ3) is 3.77. The summed E-state index contributed by atoms with van der Waals surface area (Å²) in [6, 6.07) is 8.90. The zero-order valence-corrected chi connectivity index (χ0v) is 14.6. The van der Waals surface area contributed by atoms with Gasteiger partial charge in [0.1, 0.15) is 0 Å². The molecule has 3 nitrogen and oxygen atoms in total. The quantitative estimate of drug-likeness (QED) is 0.914. The lowest BCUT2D eigenvalue weighted by atomic mass is 9.87. The highest BCUT2D eigenvalue weighted by Gasteiger charge is 2.14. The highest BCUT2D eigenvalue weighted by Crippen LogP contribution is 2.23. The van der Waals surface area contributed by atoms with Gasteiger partial charge < -0.3 is 5.73 Å². The van der Waals surface area contributed by atoms with Crippen LogP contribution in [0, 0.1) is 13.8 Å². The van der Waals surface area contributed by atoms with Crippen molar-refractivity contribution in [3.63, 3.8) is 0 Å². The lowest BCUT2D eigenvalue weighted by Crippen LogP contribution is -2.11. The Hall–Kier alpha value is -1.61. The van der Waals surface area contributed by atoms with Crippen molar-refractivity contribution >= 4 is 0 Å². The Labute approximate surface area is 134 Å². The normalized spacial score (nSPS) is 11.9. The van der Waals surface area contributed by atoms with Crippen molar-refractivity contribution in [3.8, 4) is 0 Å². The van der Waals surface area contributed by atoms with E-state index in [9.17, 15) is 0 Å². The number of nitrogens with two attached hydrogens (primary N) is 1. The number of hydrogen-bond donors (Lipinski definition) is 1. The molecule has 0 aliphatic rings. The van der Waals surface area contributed by atoms with Crippen LogP contribution in [0.4, 0.5) is 0 Å². The van der Waals surface area contributed by atoms with E-state index < -0.39 is 0 Å². The van der Waals surface area contributed by atoms with Crippen LogP contribution in [0.3, 0.4) is 0 Å². The van der Waals surface area contributed by atoms with E-state index in [1.165, 1.54) is 22.4 Å². The highest BCUT2D eigenvalue weighted by molar-refractivity contribution is 5.29. The molecule has 2 N–H and O–H groups in total. The van der Waals surface area contributed by atoms with Crippen molar-refractivity contribution < 1.29 is 0 Å². The summed E-state index contributed by atoms with van der Waals surface area (Å²) < 4.78 is 2.12. The molecule has 0 saturated carbocycles. The zero-order chi connectivity index (χ0) is 16.3. The maximum Gasteiger partial charge on any atom is 0.0662 e. The third-order valence-corrected chi connectivity index (χ3v) is 4.31. The summed E-state index contributed by atoms with van der Waals surface area (Å²) in [5.41, 5.74) is 12.3. The molecule has 1 heterocycles. The van der Waals surface area contributed by atoms with Crippen molar-refractivity contribution in [1.82, 2.24) is 9.78 Å². The molecule has 2 rings (SSSR count). The molecule has 0 radical (unpaired) electrons. The molecular formula is C19H29N3. The van der Waals surface area contributed by atoms with Crippen molar-refractivity contribution in [1.29, 1.82) is 0 Å². The SMILES string of the molecule is Cc1nn(Cc2ccc(C(C)(C)C)cc2)c(C)c1CCCN. The van der Waals surface area contributed by atoms with Crippen LogP contribution in [0.1, 0.15) is 55.3 Å². The minimum absolute atomic E-state index is 0.201. The summed E-state index contributed by atoms with van der Waals surface area (Å²) in [7, 11) is 0. The molecular weight excluding hydrogens is 270 g/mol. The van der Waals surface area contributed by atoms with E-state index in [1.807, 2.05) is 0 Å². The Kier molecular flexibility index (Phi) is 5.07. The van der Waals surface area contributed by atoms with E-state index in [4.69, 9.17) is 10.8 Å². The molecule has 0 bridgehead atoms. The molecule has 0 unspecified atom stereocenters. The molecule has 0 aliphatic carbocycles. The van der Waals surface area contributed by atoms with Crippen LogP contribution in [-0.2, 0) is 18.4 Å². The van der Waals surface area contributed by atoms with Crippen LogP contribution in [0.25, 0.3) is 0 Å². The molecule has 0 fully saturated rings. The Morgan fingerprint density at radius 3 is 2.27 bits per heavy atom. The van der Waals surface area contributed by atoms with E-state index in [1.54, 1.807) is 0 Å². The summed E-state index contributed by atoms with van der Waals surface area (Å²) in [5.74, 6) is 0. The number of nitrogens with zero attached hydrogens (tertiary/aromatic N) is 2. The minimum atomic E-state index is 0.201. The van der Waals surface area contributed by atoms with Gasteiger partial charge in [-0.25, -0.2) is 0 Å². The number of hydrogen-bond acceptors (Lipinski definition) is 2. The van der Waals surface area contributed by atoms with Gasteiger partial charge in [-0.1, -0.05) is 45.0 Å². The molecule has 0 atom stereocenters. The Morgan fingerprint density at radius 1 is 1.09 bits per heavy atom. The monoisotopic (exact) mass is 299 g/mol. The van der Waals surface area contributed by atoms with Crippen LogP contribution in [0.5, 0.6) is 0 Å². The predicted octanol–water partition coefficient (Wildman–Crippen LogP) is 3.74. The minimum Gasteiger partial charge on any atom is -0.330 e. The van der Waals surface area contributed by atoms with Gasteiger partial charge in [0.25, 0.3) is 0 Å². The summed E-state index contributed by atoms with van der Waals surface area (Å²) >= 11 is 0. The number of aromatic nitrogens is 2. The van der Waals surface area contributed by atoms with E-state index in [0.717, 1.165) is 31.6 Å². The van der Waals surface area contributed by atoms with Gasteiger partial charge in [0.15, 0.2) is 0 Å². The Balaban J connectivity index is 2.17. The lowest BCUT2D eigenvalue weighted by Gasteiger charge is -2.19.